The van der Waals surface area contributed by atoms with E-state index >= 15 is 0 Å². The Morgan fingerprint density at radius 1 is 0.955 bits per heavy atom. The predicted molar refractivity (Wildman–Crippen MR) is 85.7 cm³/mol. The quantitative estimate of drug-likeness (QED) is 0.637. The number of nitrogens with zero attached hydrogens (tertiary/aromatic N) is 3. The first-order chi connectivity index (χ1) is 10.8. The number of hydrogen-bond donors (Lipinski definition) is 3. The molecule has 108 valence electrons. The van der Waals surface area contributed by atoms with Gasteiger partial charge in [-0.2, -0.15) is 14.0 Å². The van der Waals surface area contributed by atoms with Crippen molar-refractivity contribution in [3.8, 4) is 11.8 Å². The molecule has 0 spiro atoms. The van der Waals surface area contributed by atoms with Crippen LogP contribution in [0.15, 0.2) is 48.5 Å². The summed E-state index contributed by atoms with van der Waals surface area (Å²) in [7, 11) is 0. The number of nitriles is 1. The van der Waals surface area contributed by atoms with Crippen LogP contribution >= 0.6 is 11.7 Å². The Labute approximate surface area is 131 Å². The highest BCUT2D eigenvalue weighted by atomic mass is 32.1. The molecule has 1 aromatic heterocycles. The van der Waals surface area contributed by atoms with Crippen molar-refractivity contribution in [1.29, 1.82) is 5.26 Å². The summed E-state index contributed by atoms with van der Waals surface area (Å²) in [6.07, 6.45) is 0. The molecule has 3 aromatic rings. The van der Waals surface area contributed by atoms with E-state index in [9.17, 15) is 5.11 Å². The lowest BCUT2D eigenvalue weighted by Gasteiger charge is -2.09. The number of para-hydroxylation sites is 2. The first-order valence-electron chi connectivity index (χ1n) is 6.41. The minimum absolute atomic E-state index is 0.108. The fraction of sp³-hybridized carbons (Fsp3) is 0. The molecule has 3 N–H and O–H groups in total. The Morgan fingerprint density at radius 2 is 1.68 bits per heavy atom. The lowest BCUT2D eigenvalue weighted by Crippen LogP contribution is -1.97. The molecule has 0 saturated heterocycles. The number of aromatic hydroxyl groups is 1. The number of hydrogen-bond acceptors (Lipinski definition) is 7. The van der Waals surface area contributed by atoms with Crippen LogP contribution in [0.1, 0.15) is 5.56 Å². The number of anilines is 4. The minimum atomic E-state index is -0.108. The maximum absolute atomic E-state index is 10.0. The fourth-order valence-corrected chi connectivity index (χ4v) is 2.34. The van der Waals surface area contributed by atoms with Gasteiger partial charge in [-0.05, 0) is 24.3 Å². The average molecular weight is 309 g/mol. The van der Waals surface area contributed by atoms with Crippen molar-refractivity contribution in [1.82, 2.24) is 8.75 Å². The molecule has 0 saturated carbocycles. The summed E-state index contributed by atoms with van der Waals surface area (Å²) >= 11 is 1.05. The Bertz CT molecular complexity index is 825. The average Bonchev–Trinajstić information content (AvgIpc) is 2.97. The van der Waals surface area contributed by atoms with Crippen molar-refractivity contribution in [3.05, 3.63) is 54.1 Å². The van der Waals surface area contributed by atoms with E-state index in [0.717, 1.165) is 17.4 Å². The zero-order chi connectivity index (χ0) is 15.4. The van der Waals surface area contributed by atoms with Gasteiger partial charge >= 0.3 is 0 Å². The second-order valence-corrected chi connectivity index (χ2v) is 4.92. The van der Waals surface area contributed by atoms with Gasteiger partial charge in [0.15, 0.2) is 17.4 Å². The Hall–Kier alpha value is -3.11. The molecule has 6 nitrogen and oxygen atoms in total. The van der Waals surface area contributed by atoms with Crippen LogP contribution in [0, 0.1) is 11.3 Å². The van der Waals surface area contributed by atoms with Gasteiger partial charge in [0, 0.05) is 5.69 Å². The van der Waals surface area contributed by atoms with Crippen molar-refractivity contribution in [3.63, 3.8) is 0 Å². The summed E-state index contributed by atoms with van der Waals surface area (Å²) in [5.74, 6) is 0.931. The molecule has 2 aromatic carbocycles. The maximum atomic E-state index is 10.0. The number of aromatic nitrogens is 2. The Morgan fingerprint density at radius 3 is 2.41 bits per heavy atom. The molecule has 0 bridgehead atoms. The van der Waals surface area contributed by atoms with E-state index in [1.807, 2.05) is 36.4 Å². The summed E-state index contributed by atoms with van der Waals surface area (Å²) in [4.78, 5) is 0. The standard InChI is InChI=1S/C15H11N5OS/c16-9-10-5-4-8-12(13(10)21)18-15-14(19-22-20-15)17-11-6-2-1-3-7-11/h1-8,21H,(H,17,19)(H,18,20). The number of benzene rings is 2. The van der Waals surface area contributed by atoms with Gasteiger partial charge < -0.3 is 15.7 Å². The normalized spacial score (nSPS) is 9.95. The van der Waals surface area contributed by atoms with Gasteiger partial charge in [0.25, 0.3) is 0 Å². The van der Waals surface area contributed by atoms with Crippen LogP contribution in [-0.4, -0.2) is 13.9 Å². The van der Waals surface area contributed by atoms with Crippen LogP contribution in [0.25, 0.3) is 0 Å². The zero-order valence-corrected chi connectivity index (χ0v) is 12.1. The molecule has 1 heterocycles. The van der Waals surface area contributed by atoms with Crippen LogP contribution in [0.2, 0.25) is 0 Å². The smallest absolute Gasteiger partial charge is 0.189 e. The monoisotopic (exact) mass is 309 g/mol. The Balaban J connectivity index is 1.86. The lowest BCUT2D eigenvalue weighted by molar-refractivity contribution is 0.476. The van der Waals surface area contributed by atoms with E-state index in [1.165, 1.54) is 0 Å². The van der Waals surface area contributed by atoms with Gasteiger partial charge in [-0.1, -0.05) is 24.3 Å². The fourth-order valence-electron chi connectivity index (χ4n) is 1.87. The summed E-state index contributed by atoms with van der Waals surface area (Å²) in [5, 5.41) is 25.1. The lowest BCUT2D eigenvalue weighted by atomic mass is 10.2. The molecule has 0 atom stereocenters. The van der Waals surface area contributed by atoms with E-state index in [1.54, 1.807) is 18.2 Å². The molecule has 0 fully saturated rings. The minimum Gasteiger partial charge on any atom is -0.504 e. The van der Waals surface area contributed by atoms with Gasteiger partial charge in [0.05, 0.1) is 23.0 Å². The number of nitrogens with one attached hydrogen (secondary N) is 2. The molecular weight excluding hydrogens is 298 g/mol. The van der Waals surface area contributed by atoms with Gasteiger partial charge in [-0.3, -0.25) is 0 Å². The largest absolute Gasteiger partial charge is 0.504 e. The predicted octanol–water partition coefficient (Wildman–Crippen LogP) is 3.60. The molecule has 0 radical (unpaired) electrons. The van der Waals surface area contributed by atoms with E-state index in [0.29, 0.717) is 17.3 Å². The van der Waals surface area contributed by atoms with E-state index < -0.39 is 0 Å². The van der Waals surface area contributed by atoms with Crippen LogP contribution in [-0.2, 0) is 0 Å². The van der Waals surface area contributed by atoms with Gasteiger partial charge in [-0.15, -0.1) is 0 Å². The highest BCUT2D eigenvalue weighted by Crippen LogP contribution is 2.32. The van der Waals surface area contributed by atoms with E-state index in [-0.39, 0.29) is 11.3 Å². The highest BCUT2D eigenvalue weighted by Gasteiger charge is 2.12. The van der Waals surface area contributed by atoms with Gasteiger partial charge in [-0.25, -0.2) is 0 Å². The summed E-state index contributed by atoms with van der Waals surface area (Å²) in [6.45, 7) is 0. The third kappa shape index (κ3) is 2.82. The van der Waals surface area contributed by atoms with Crippen molar-refractivity contribution in [2.75, 3.05) is 10.6 Å². The summed E-state index contributed by atoms with van der Waals surface area (Å²) in [6, 6.07) is 16.4. The van der Waals surface area contributed by atoms with Gasteiger partial charge in [0.1, 0.15) is 6.07 Å². The van der Waals surface area contributed by atoms with Crippen molar-refractivity contribution < 1.29 is 5.11 Å². The molecule has 0 aliphatic heterocycles. The van der Waals surface area contributed by atoms with Crippen LogP contribution in [0.5, 0.6) is 5.75 Å². The molecule has 0 aliphatic carbocycles. The summed E-state index contributed by atoms with van der Waals surface area (Å²) in [5.41, 5.74) is 1.49. The Kier molecular flexibility index (Phi) is 3.85. The maximum Gasteiger partial charge on any atom is 0.189 e. The third-order valence-electron chi connectivity index (χ3n) is 2.93. The number of phenolic OH excluding ortho intramolecular Hbond substituents is 1. The van der Waals surface area contributed by atoms with Crippen LogP contribution in [0.4, 0.5) is 23.0 Å². The summed E-state index contributed by atoms with van der Waals surface area (Å²) < 4.78 is 8.36. The van der Waals surface area contributed by atoms with Crippen molar-refractivity contribution in [2.45, 2.75) is 0 Å². The zero-order valence-electron chi connectivity index (χ0n) is 11.3. The molecule has 0 aliphatic rings. The number of phenols is 1. The second kappa shape index (κ2) is 6.11. The van der Waals surface area contributed by atoms with Gasteiger partial charge in [0.2, 0.25) is 0 Å². The van der Waals surface area contributed by atoms with Crippen molar-refractivity contribution in [2.24, 2.45) is 0 Å². The van der Waals surface area contributed by atoms with Crippen LogP contribution < -0.4 is 10.6 Å². The van der Waals surface area contributed by atoms with E-state index in [4.69, 9.17) is 5.26 Å². The van der Waals surface area contributed by atoms with Crippen LogP contribution in [0.3, 0.4) is 0 Å². The topological polar surface area (TPSA) is 93.9 Å². The van der Waals surface area contributed by atoms with Crippen molar-refractivity contribution >= 4 is 34.7 Å². The molecule has 7 heteroatoms. The highest BCUT2D eigenvalue weighted by molar-refractivity contribution is 6.99. The first-order valence-corrected chi connectivity index (χ1v) is 7.14. The molecule has 22 heavy (non-hydrogen) atoms. The number of rotatable bonds is 4. The molecule has 3 rings (SSSR count). The van der Waals surface area contributed by atoms with E-state index in [2.05, 4.69) is 19.4 Å². The SMILES string of the molecule is N#Cc1cccc(Nc2nsnc2Nc2ccccc2)c1O. The molecule has 0 unspecified atom stereocenters. The third-order valence-corrected chi connectivity index (χ3v) is 3.46. The molecular formula is C15H11N5OS. The second-order valence-electron chi connectivity index (χ2n) is 4.39. The molecule has 0 amide bonds. The first kappa shape index (κ1) is 13.9.